The van der Waals surface area contributed by atoms with E-state index in [0.29, 0.717) is 24.9 Å². The Morgan fingerprint density at radius 2 is 2.17 bits per heavy atom. The van der Waals surface area contributed by atoms with Gasteiger partial charge in [0.1, 0.15) is 5.69 Å². The Morgan fingerprint density at radius 3 is 2.78 bits per heavy atom. The number of carbonyl (C=O) groups is 1. The van der Waals surface area contributed by atoms with Gasteiger partial charge in [-0.25, -0.2) is 14.5 Å². The molecule has 2 rings (SSSR count). The van der Waals surface area contributed by atoms with Crippen LogP contribution in [0.2, 0.25) is 0 Å². The van der Waals surface area contributed by atoms with Crippen LogP contribution in [-0.4, -0.2) is 39.1 Å². The SMILES string of the molecule is CCOC(=O)c1ncc(C(F)(F)F)cc1-n1cc(CCN)nn1. The lowest BCUT2D eigenvalue weighted by Crippen LogP contribution is -2.15. The molecule has 0 aliphatic carbocycles. The largest absolute Gasteiger partial charge is 0.461 e. The van der Waals surface area contributed by atoms with Gasteiger partial charge in [-0.2, -0.15) is 13.2 Å². The van der Waals surface area contributed by atoms with E-state index < -0.39 is 17.7 Å². The van der Waals surface area contributed by atoms with Crippen molar-refractivity contribution in [1.82, 2.24) is 20.0 Å². The zero-order valence-corrected chi connectivity index (χ0v) is 12.2. The molecule has 0 aliphatic heterocycles. The molecule has 2 aromatic heterocycles. The van der Waals surface area contributed by atoms with Gasteiger partial charge in [0.25, 0.3) is 0 Å². The molecule has 2 aromatic rings. The van der Waals surface area contributed by atoms with Crippen molar-refractivity contribution in [3.63, 3.8) is 0 Å². The lowest BCUT2D eigenvalue weighted by Gasteiger charge is -2.11. The van der Waals surface area contributed by atoms with Crippen molar-refractivity contribution in [2.45, 2.75) is 19.5 Å². The van der Waals surface area contributed by atoms with Crippen molar-refractivity contribution in [2.24, 2.45) is 5.73 Å². The number of hydrogen-bond donors (Lipinski definition) is 1. The maximum absolute atomic E-state index is 12.9. The molecule has 0 fully saturated rings. The number of aromatic nitrogens is 4. The molecule has 7 nitrogen and oxygen atoms in total. The van der Waals surface area contributed by atoms with Gasteiger partial charge in [0, 0.05) is 12.6 Å². The first-order valence-electron chi connectivity index (χ1n) is 6.72. The second-order valence-electron chi connectivity index (χ2n) is 4.50. The number of esters is 1. The number of hydrogen-bond acceptors (Lipinski definition) is 6. The van der Waals surface area contributed by atoms with E-state index in [1.165, 1.54) is 6.20 Å². The Kier molecular flexibility index (Phi) is 4.94. The van der Waals surface area contributed by atoms with Crippen LogP contribution in [0, 0.1) is 0 Å². The van der Waals surface area contributed by atoms with E-state index in [2.05, 4.69) is 15.3 Å². The summed E-state index contributed by atoms with van der Waals surface area (Å²) < 4.78 is 44.5. The predicted octanol–water partition coefficient (Wildman–Crippen LogP) is 1.36. The predicted molar refractivity (Wildman–Crippen MR) is 72.9 cm³/mol. The lowest BCUT2D eigenvalue weighted by molar-refractivity contribution is -0.137. The van der Waals surface area contributed by atoms with E-state index in [1.807, 2.05) is 0 Å². The number of nitrogens with zero attached hydrogens (tertiary/aromatic N) is 4. The van der Waals surface area contributed by atoms with Gasteiger partial charge in [0.05, 0.1) is 24.1 Å². The van der Waals surface area contributed by atoms with Crippen molar-refractivity contribution in [3.8, 4) is 5.69 Å². The van der Waals surface area contributed by atoms with Gasteiger partial charge in [-0.3, -0.25) is 0 Å². The molecule has 0 unspecified atom stereocenters. The molecule has 0 spiro atoms. The van der Waals surface area contributed by atoms with Crippen LogP contribution in [0.25, 0.3) is 5.69 Å². The van der Waals surface area contributed by atoms with Crippen molar-refractivity contribution < 1.29 is 22.7 Å². The average Bonchev–Trinajstić information content (AvgIpc) is 2.95. The third kappa shape index (κ3) is 3.83. The minimum Gasteiger partial charge on any atom is -0.461 e. The normalized spacial score (nSPS) is 11.5. The minimum absolute atomic E-state index is 0.0662. The first-order chi connectivity index (χ1) is 10.9. The van der Waals surface area contributed by atoms with Crippen molar-refractivity contribution in [3.05, 3.63) is 35.4 Å². The Bertz CT molecular complexity index is 699. The number of pyridine rings is 1. The number of alkyl halides is 3. The van der Waals surface area contributed by atoms with Crippen LogP contribution in [0.5, 0.6) is 0 Å². The zero-order chi connectivity index (χ0) is 17.0. The molecule has 2 heterocycles. The van der Waals surface area contributed by atoms with Crippen LogP contribution in [0.4, 0.5) is 13.2 Å². The molecule has 0 aromatic carbocycles. The van der Waals surface area contributed by atoms with Crippen LogP contribution >= 0.6 is 0 Å². The topological polar surface area (TPSA) is 95.9 Å². The summed E-state index contributed by atoms with van der Waals surface area (Å²) in [6.07, 6.45) is -2.23. The van der Waals surface area contributed by atoms with Gasteiger partial charge in [-0.15, -0.1) is 5.10 Å². The molecule has 0 radical (unpaired) electrons. The molecule has 0 bridgehead atoms. The third-order valence-corrected chi connectivity index (χ3v) is 2.85. The standard InChI is InChI=1S/C13H14F3N5O2/c1-2-23-12(22)11-10(5-8(6-18-11)13(14,15)16)21-7-9(3-4-17)19-20-21/h5-7H,2-4,17H2,1H3. The Hall–Kier alpha value is -2.49. The van der Waals surface area contributed by atoms with Crippen molar-refractivity contribution in [1.29, 1.82) is 0 Å². The van der Waals surface area contributed by atoms with E-state index in [4.69, 9.17) is 10.5 Å². The molecule has 0 saturated heterocycles. The highest BCUT2D eigenvalue weighted by Crippen LogP contribution is 2.30. The molecular formula is C13H14F3N5O2. The molecule has 0 aliphatic rings. The average molecular weight is 329 g/mol. The number of nitrogens with two attached hydrogens (primary N) is 1. The number of rotatable bonds is 5. The van der Waals surface area contributed by atoms with Crippen LogP contribution < -0.4 is 5.73 Å². The highest BCUT2D eigenvalue weighted by molar-refractivity contribution is 5.91. The van der Waals surface area contributed by atoms with Gasteiger partial charge >= 0.3 is 12.1 Å². The number of ether oxygens (including phenoxy) is 1. The van der Waals surface area contributed by atoms with Crippen LogP contribution in [-0.2, 0) is 17.3 Å². The Balaban J connectivity index is 2.53. The highest BCUT2D eigenvalue weighted by atomic mass is 19.4. The molecule has 23 heavy (non-hydrogen) atoms. The quantitative estimate of drug-likeness (QED) is 0.832. The summed E-state index contributed by atoms with van der Waals surface area (Å²) in [7, 11) is 0. The van der Waals surface area contributed by atoms with Crippen LogP contribution in [0.15, 0.2) is 18.5 Å². The number of halogens is 3. The smallest absolute Gasteiger partial charge is 0.417 e. The van der Waals surface area contributed by atoms with Gasteiger partial charge in [-0.05, 0) is 19.5 Å². The number of carbonyl (C=O) groups excluding carboxylic acids is 1. The third-order valence-electron chi connectivity index (χ3n) is 2.85. The van der Waals surface area contributed by atoms with Gasteiger partial charge in [0.2, 0.25) is 0 Å². The Labute approximate surface area is 129 Å². The van der Waals surface area contributed by atoms with Crippen molar-refractivity contribution >= 4 is 5.97 Å². The second-order valence-corrected chi connectivity index (χ2v) is 4.50. The lowest BCUT2D eigenvalue weighted by atomic mass is 10.2. The summed E-state index contributed by atoms with van der Waals surface area (Å²) in [4.78, 5) is 15.5. The minimum atomic E-state index is -4.60. The van der Waals surface area contributed by atoms with Crippen molar-refractivity contribution in [2.75, 3.05) is 13.2 Å². The molecule has 2 N–H and O–H groups in total. The van der Waals surface area contributed by atoms with E-state index in [9.17, 15) is 18.0 Å². The first-order valence-corrected chi connectivity index (χ1v) is 6.72. The van der Waals surface area contributed by atoms with E-state index in [-0.39, 0.29) is 18.0 Å². The molecule has 0 atom stereocenters. The fourth-order valence-electron chi connectivity index (χ4n) is 1.82. The summed E-state index contributed by atoms with van der Waals surface area (Å²) in [5.74, 6) is -0.841. The van der Waals surface area contributed by atoms with E-state index in [1.54, 1.807) is 6.92 Å². The van der Waals surface area contributed by atoms with E-state index in [0.717, 1.165) is 10.7 Å². The maximum atomic E-state index is 12.9. The fraction of sp³-hybridized carbons (Fsp3) is 0.385. The van der Waals surface area contributed by atoms with Crippen LogP contribution in [0.1, 0.15) is 28.7 Å². The van der Waals surface area contributed by atoms with Gasteiger partial charge in [-0.1, -0.05) is 5.21 Å². The monoisotopic (exact) mass is 329 g/mol. The molecule has 0 amide bonds. The molecule has 0 saturated carbocycles. The zero-order valence-electron chi connectivity index (χ0n) is 12.2. The summed E-state index contributed by atoms with van der Waals surface area (Å²) in [5.41, 5.74) is 4.45. The highest BCUT2D eigenvalue weighted by Gasteiger charge is 2.33. The summed E-state index contributed by atoms with van der Waals surface area (Å²) in [6, 6.07) is 0.778. The Morgan fingerprint density at radius 1 is 1.43 bits per heavy atom. The summed E-state index contributed by atoms with van der Waals surface area (Å²) >= 11 is 0. The van der Waals surface area contributed by atoms with Gasteiger partial charge < -0.3 is 10.5 Å². The fourth-order valence-corrected chi connectivity index (χ4v) is 1.82. The molecular weight excluding hydrogens is 315 g/mol. The summed E-state index contributed by atoms with van der Waals surface area (Å²) in [6.45, 7) is 1.96. The maximum Gasteiger partial charge on any atom is 0.417 e. The van der Waals surface area contributed by atoms with Gasteiger partial charge in [0.15, 0.2) is 5.69 Å². The summed E-state index contributed by atoms with van der Waals surface area (Å²) in [5, 5.41) is 7.52. The molecule has 10 heteroatoms. The van der Waals surface area contributed by atoms with Crippen LogP contribution in [0.3, 0.4) is 0 Å². The van der Waals surface area contributed by atoms with E-state index >= 15 is 0 Å². The molecule has 124 valence electrons. The first kappa shape index (κ1) is 16.9. The second kappa shape index (κ2) is 6.73.